The Kier molecular flexibility index (Phi) is 5.85. The summed E-state index contributed by atoms with van der Waals surface area (Å²) in [5, 5.41) is 11.7. The first-order chi connectivity index (χ1) is 5.09. The molecule has 0 unspecified atom stereocenters. The van der Waals surface area contributed by atoms with Crippen molar-refractivity contribution in [3.63, 3.8) is 0 Å². The molecule has 2 N–H and O–H groups in total. The Morgan fingerprint density at radius 1 is 1.64 bits per heavy atom. The van der Waals surface area contributed by atoms with Crippen molar-refractivity contribution in [3.8, 4) is 0 Å². The minimum Gasteiger partial charge on any atom is -0.480 e. The highest BCUT2D eigenvalue weighted by Crippen LogP contribution is 2.00. The number of halogens is 1. The quantitative estimate of drug-likeness (QED) is 0.582. The molecular formula is C7H14INO2. The van der Waals surface area contributed by atoms with Crippen LogP contribution in [-0.4, -0.2) is 28.1 Å². The Hall–Kier alpha value is 0.160. The molecule has 0 aromatic carbocycles. The van der Waals surface area contributed by atoms with E-state index < -0.39 is 12.0 Å². The van der Waals surface area contributed by atoms with Gasteiger partial charge in [0.25, 0.3) is 0 Å². The lowest BCUT2D eigenvalue weighted by Gasteiger charge is -2.16. The summed E-state index contributed by atoms with van der Waals surface area (Å²) in [5.41, 5.74) is 0. The van der Waals surface area contributed by atoms with Gasteiger partial charge in [-0.25, -0.2) is 0 Å². The van der Waals surface area contributed by atoms with Gasteiger partial charge in [-0.3, -0.25) is 4.79 Å². The molecule has 4 heteroatoms. The van der Waals surface area contributed by atoms with Crippen LogP contribution in [0.25, 0.3) is 0 Å². The molecule has 0 heterocycles. The summed E-state index contributed by atoms with van der Waals surface area (Å²) < 4.78 is 0.939. The minimum absolute atomic E-state index is 0.149. The Morgan fingerprint density at radius 3 is 2.45 bits per heavy atom. The molecule has 66 valence electrons. The molecule has 0 saturated carbocycles. The van der Waals surface area contributed by atoms with Crippen LogP contribution >= 0.6 is 22.6 Å². The Bertz CT molecular complexity index is 128. The second kappa shape index (κ2) is 5.77. The molecule has 0 spiro atoms. The molecule has 0 aliphatic heterocycles. The lowest BCUT2D eigenvalue weighted by molar-refractivity contribution is -0.140. The van der Waals surface area contributed by atoms with E-state index in [4.69, 9.17) is 5.11 Å². The maximum absolute atomic E-state index is 10.6. The van der Waals surface area contributed by atoms with Gasteiger partial charge in [-0.05, 0) is 5.92 Å². The SMILES string of the molecule is CC(C)[C@H](NCCI)C(=O)O. The highest BCUT2D eigenvalue weighted by molar-refractivity contribution is 14.1. The van der Waals surface area contributed by atoms with Crippen LogP contribution in [0.15, 0.2) is 0 Å². The van der Waals surface area contributed by atoms with E-state index in [-0.39, 0.29) is 5.92 Å². The van der Waals surface area contributed by atoms with Crippen molar-refractivity contribution in [1.82, 2.24) is 5.32 Å². The fourth-order valence-electron chi connectivity index (χ4n) is 0.818. The van der Waals surface area contributed by atoms with E-state index in [0.717, 1.165) is 11.0 Å². The molecule has 0 radical (unpaired) electrons. The van der Waals surface area contributed by atoms with Gasteiger partial charge >= 0.3 is 5.97 Å². The van der Waals surface area contributed by atoms with E-state index in [1.54, 1.807) is 0 Å². The molecule has 0 aliphatic carbocycles. The highest BCUT2D eigenvalue weighted by Gasteiger charge is 2.19. The molecule has 0 aliphatic rings. The fraction of sp³-hybridized carbons (Fsp3) is 0.857. The van der Waals surface area contributed by atoms with E-state index in [2.05, 4.69) is 27.9 Å². The van der Waals surface area contributed by atoms with Gasteiger partial charge in [-0.2, -0.15) is 0 Å². The van der Waals surface area contributed by atoms with Crippen LogP contribution in [0.2, 0.25) is 0 Å². The second-order valence-corrected chi connectivity index (χ2v) is 3.78. The van der Waals surface area contributed by atoms with Crippen LogP contribution in [-0.2, 0) is 4.79 Å². The monoisotopic (exact) mass is 271 g/mol. The van der Waals surface area contributed by atoms with Crippen molar-refractivity contribution in [3.05, 3.63) is 0 Å². The number of carbonyl (C=O) groups is 1. The number of hydrogen-bond acceptors (Lipinski definition) is 2. The van der Waals surface area contributed by atoms with E-state index in [1.807, 2.05) is 13.8 Å². The van der Waals surface area contributed by atoms with Crippen LogP contribution in [0.4, 0.5) is 0 Å². The average molecular weight is 271 g/mol. The maximum Gasteiger partial charge on any atom is 0.320 e. The van der Waals surface area contributed by atoms with Crippen molar-refractivity contribution in [2.24, 2.45) is 5.92 Å². The predicted molar refractivity (Wildman–Crippen MR) is 53.2 cm³/mol. The number of carboxylic acid groups (broad SMARTS) is 1. The topological polar surface area (TPSA) is 49.3 Å². The number of alkyl halides is 1. The molecule has 0 fully saturated rings. The third kappa shape index (κ3) is 4.58. The van der Waals surface area contributed by atoms with Gasteiger partial charge in [-0.1, -0.05) is 36.4 Å². The molecule has 0 saturated heterocycles. The van der Waals surface area contributed by atoms with Gasteiger partial charge in [0.05, 0.1) is 0 Å². The van der Waals surface area contributed by atoms with E-state index in [1.165, 1.54) is 0 Å². The Labute approximate surface area is 80.7 Å². The van der Waals surface area contributed by atoms with Crippen LogP contribution in [0.1, 0.15) is 13.8 Å². The zero-order chi connectivity index (χ0) is 8.85. The summed E-state index contributed by atoms with van der Waals surface area (Å²) in [6.45, 7) is 4.56. The summed E-state index contributed by atoms with van der Waals surface area (Å²) in [6.07, 6.45) is 0. The molecule has 0 amide bonds. The Balaban J connectivity index is 3.80. The highest BCUT2D eigenvalue weighted by atomic mass is 127. The molecule has 0 rings (SSSR count). The van der Waals surface area contributed by atoms with Crippen molar-refractivity contribution in [1.29, 1.82) is 0 Å². The minimum atomic E-state index is -0.759. The average Bonchev–Trinajstić information content (AvgIpc) is 1.87. The van der Waals surface area contributed by atoms with Crippen molar-refractivity contribution < 1.29 is 9.90 Å². The number of rotatable bonds is 5. The summed E-state index contributed by atoms with van der Waals surface area (Å²) in [4.78, 5) is 10.6. The zero-order valence-corrected chi connectivity index (χ0v) is 8.96. The largest absolute Gasteiger partial charge is 0.480 e. The van der Waals surface area contributed by atoms with Crippen molar-refractivity contribution >= 4 is 28.6 Å². The Morgan fingerprint density at radius 2 is 2.18 bits per heavy atom. The summed E-state index contributed by atoms with van der Waals surface area (Å²) in [5.74, 6) is -0.611. The number of carboxylic acids is 1. The first-order valence-corrected chi connectivity index (χ1v) is 5.14. The maximum atomic E-state index is 10.6. The lowest BCUT2D eigenvalue weighted by Crippen LogP contribution is -2.41. The van der Waals surface area contributed by atoms with E-state index in [0.29, 0.717) is 0 Å². The van der Waals surface area contributed by atoms with Gasteiger partial charge in [0.2, 0.25) is 0 Å². The normalized spacial score (nSPS) is 13.5. The predicted octanol–water partition coefficient (Wildman–Crippen LogP) is 1.12. The van der Waals surface area contributed by atoms with Crippen molar-refractivity contribution in [2.45, 2.75) is 19.9 Å². The molecular weight excluding hydrogens is 257 g/mol. The van der Waals surface area contributed by atoms with Gasteiger partial charge in [0, 0.05) is 11.0 Å². The summed E-state index contributed by atoms with van der Waals surface area (Å²) in [7, 11) is 0. The third-order valence-electron chi connectivity index (χ3n) is 1.39. The molecule has 0 aromatic heterocycles. The zero-order valence-electron chi connectivity index (χ0n) is 6.80. The summed E-state index contributed by atoms with van der Waals surface area (Å²) in [6, 6.07) is -0.398. The van der Waals surface area contributed by atoms with Crippen LogP contribution < -0.4 is 5.32 Å². The van der Waals surface area contributed by atoms with Gasteiger partial charge in [0.15, 0.2) is 0 Å². The number of hydrogen-bond donors (Lipinski definition) is 2. The van der Waals surface area contributed by atoms with Gasteiger partial charge in [0.1, 0.15) is 6.04 Å². The van der Waals surface area contributed by atoms with Crippen LogP contribution in [0.5, 0.6) is 0 Å². The summed E-state index contributed by atoms with van der Waals surface area (Å²) >= 11 is 2.21. The van der Waals surface area contributed by atoms with Gasteiger partial charge < -0.3 is 10.4 Å². The first-order valence-electron chi connectivity index (χ1n) is 3.61. The molecule has 0 aromatic rings. The van der Waals surface area contributed by atoms with Crippen LogP contribution in [0.3, 0.4) is 0 Å². The second-order valence-electron chi connectivity index (χ2n) is 2.70. The number of nitrogens with one attached hydrogen (secondary N) is 1. The van der Waals surface area contributed by atoms with Crippen LogP contribution in [0, 0.1) is 5.92 Å². The molecule has 11 heavy (non-hydrogen) atoms. The number of aliphatic carboxylic acids is 1. The standard InChI is InChI=1S/C7H14INO2/c1-5(2)6(7(10)11)9-4-3-8/h5-6,9H,3-4H2,1-2H3,(H,10,11)/t6-/m0/s1. The lowest BCUT2D eigenvalue weighted by atomic mass is 10.1. The van der Waals surface area contributed by atoms with Gasteiger partial charge in [-0.15, -0.1) is 0 Å². The first kappa shape index (κ1) is 11.2. The van der Waals surface area contributed by atoms with E-state index >= 15 is 0 Å². The molecule has 1 atom stereocenters. The molecule has 0 bridgehead atoms. The van der Waals surface area contributed by atoms with E-state index in [9.17, 15) is 4.79 Å². The third-order valence-corrected chi connectivity index (χ3v) is 1.93. The van der Waals surface area contributed by atoms with Crippen molar-refractivity contribution in [2.75, 3.05) is 11.0 Å². The fourth-order valence-corrected chi connectivity index (χ4v) is 1.13. The molecule has 3 nitrogen and oxygen atoms in total. The smallest absolute Gasteiger partial charge is 0.320 e.